The average molecular weight is 313 g/mol. The van der Waals surface area contributed by atoms with Crippen LogP contribution in [0.3, 0.4) is 0 Å². The predicted molar refractivity (Wildman–Crippen MR) is 90.9 cm³/mol. The lowest BCUT2D eigenvalue weighted by molar-refractivity contribution is -0.148. The molecule has 4 nitrogen and oxygen atoms in total. The SMILES string of the molecule is CCCCCCCCCCCCCC(=O)N(C)[C@@H](C)C(=O)O. The van der Waals surface area contributed by atoms with E-state index in [-0.39, 0.29) is 5.91 Å². The van der Waals surface area contributed by atoms with Crippen LogP contribution in [0.5, 0.6) is 0 Å². The number of hydrogen-bond acceptors (Lipinski definition) is 2. The van der Waals surface area contributed by atoms with E-state index in [1.165, 1.54) is 62.7 Å². The monoisotopic (exact) mass is 313 g/mol. The first kappa shape index (κ1) is 20.9. The number of carbonyl (C=O) groups excluding carboxylic acids is 1. The van der Waals surface area contributed by atoms with Crippen LogP contribution < -0.4 is 0 Å². The minimum absolute atomic E-state index is 0.0641. The molecule has 22 heavy (non-hydrogen) atoms. The summed E-state index contributed by atoms with van der Waals surface area (Å²) in [4.78, 5) is 24.0. The van der Waals surface area contributed by atoms with Crippen LogP contribution in [-0.4, -0.2) is 35.0 Å². The van der Waals surface area contributed by atoms with Gasteiger partial charge in [0.2, 0.25) is 5.91 Å². The fourth-order valence-corrected chi connectivity index (χ4v) is 2.50. The molecule has 0 aliphatic carbocycles. The number of rotatable bonds is 14. The van der Waals surface area contributed by atoms with Crippen molar-refractivity contribution in [3.8, 4) is 0 Å². The molecule has 0 aromatic heterocycles. The molecule has 0 fully saturated rings. The van der Waals surface area contributed by atoms with Gasteiger partial charge in [-0.25, -0.2) is 4.79 Å². The van der Waals surface area contributed by atoms with E-state index in [1.807, 2.05) is 0 Å². The molecule has 0 saturated heterocycles. The number of amides is 1. The lowest BCUT2D eigenvalue weighted by atomic mass is 10.1. The van der Waals surface area contributed by atoms with E-state index in [1.54, 1.807) is 14.0 Å². The fraction of sp³-hybridized carbons (Fsp3) is 0.889. The zero-order valence-electron chi connectivity index (χ0n) is 14.8. The number of unbranched alkanes of at least 4 members (excludes halogenated alkanes) is 10. The largest absolute Gasteiger partial charge is 0.480 e. The van der Waals surface area contributed by atoms with Crippen molar-refractivity contribution in [3.63, 3.8) is 0 Å². The van der Waals surface area contributed by atoms with Gasteiger partial charge in [-0.3, -0.25) is 4.79 Å². The van der Waals surface area contributed by atoms with Crippen LogP contribution in [0.2, 0.25) is 0 Å². The van der Waals surface area contributed by atoms with Crippen molar-refractivity contribution in [1.82, 2.24) is 4.90 Å². The number of carboxylic acid groups (broad SMARTS) is 1. The maximum Gasteiger partial charge on any atom is 0.326 e. The molecule has 0 heterocycles. The van der Waals surface area contributed by atoms with Gasteiger partial charge in [0.05, 0.1) is 0 Å². The molecule has 0 rings (SSSR count). The number of aliphatic carboxylic acids is 1. The Morgan fingerprint density at radius 3 is 1.68 bits per heavy atom. The second-order valence-electron chi connectivity index (χ2n) is 6.30. The summed E-state index contributed by atoms with van der Waals surface area (Å²) >= 11 is 0. The van der Waals surface area contributed by atoms with Crippen molar-refractivity contribution >= 4 is 11.9 Å². The van der Waals surface area contributed by atoms with Crippen molar-refractivity contribution in [3.05, 3.63) is 0 Å². The summed E-state index contributed by atoms with van der Waals surface area (Å²) in [5, 5.41) is 8.87. The first-order valence-electron chi connectivity index (χ1n) is 8.99. The zero-order chi connectivity index (χ0) is 16.8. The summed E-state index contributed by atoms with van der Waals surface area (Å²) in [6, 6.07) is -0.736. The lowest BCUT2D eigenvalue weighted by Crippen LogP contribution is -2.40. The Kier molecular flexibility index (Phi) is 12.9. The quantitative estimate of drug-likeness (QED) is 0.476. The molecule has 0 unspecified atom stereocenters. The summed E-state index contributed by atoms with van der Waals surface area (Å²) in [5.74, 6) is -1.01. The van der Waals surface area contributed by atoms with Gasteiger partial charge in [-0.15, -0.1) is 0 Å². The minimum atomic E-state index is -0.949. The smallest absolute Gasteiger partial charge is 0.326 e. The van der Waals surface area contributed by atoms with E-state index >= 15 is 0 Å². The van der Waals surface area contributed by atoms with Crippen molar-refractivity contribution in [2.75, 3.05) is 7.05 Å². The first-order chi connectivity index (χ1) is 10.5. The van der Waals surface area contributed by atoms with Crippen LogP contribution in [0.4, 0.5) is 0 Å². The maximum atomic E-state index is 11.8. The van der Waals surface area contributed by atoms with Crippen LogP contribution in [0, 0.1) is 0 Å². The molecule has 0 saturated carbocycles. The van der Waals surface area contributed by atoms with Crippen molar-refractivity contribution < 1.29 is 14.7 Å². The maximum absolute atomic E-state index is 11.8. The minimum Gasteiger partial charge on any atom is -0.480 e. The molecule has 0 spiro atoms. The van der Waals surface area contributed by atoms with Gasteiger partial charge in [-0.1, -0.05) is 71.1 Å². The Bertz CT molecular complexity index is 305. The number of likely N-dealkylation sites (N-methyl/N-ethyl adjacent to an activating group) is 1. The third kappa shape index (κ3) is 10.6. The van der Waals surface area contributed by atoms with Crippen LogP contribution >= 0.6 is 0 Å². The normalized spacial score (nSPS) is 12.1. The van der Waals surface area contributed by atoms with Gasteiger partial charge >= 0.3 is 5.97 Å². The van der Waals surface area contributed by atoms with Gasteiger partial charge in [0.15, 0.2) is 0 Å². The second-order valence-corrected chi connectivity index (χ2v) is 6.30. The molecule has 0 aromatic carbocycles. The van der Waals surface area contributed by atoms with E-state index in [0.29, 0.717) is 6.42 Å². The van der Waals surface area contributed by atoms with Crippen molar-refractivity contribution in [2.24, 2.45) is 0 Å². The Hall–Kier alpha value is -1.06. The number of carboxylic acids is 1. The highest BCUT2D eigenvalue weighted by atomic mass is 16.4. The number of hydrogen-bond donors (Lipinski definition) is 1. The molecular formula is C18H35NO3. The Balaban J connectivity index is 3.42. The van der Waals surface area contributed by atoms with Crippen LogP contribution in [0.25, 0.3) is 0 Å². The molecule has 130 valence electrons. The van der Waals surface area contributed by atoms with E-state index in [0.717, 1.165) is 12.8 Å². The van der Waals surface area contributed by atoms with Crippen molar-refractivity contribution in [2.45, 2.75) is 96.9 Å². The van der Waals surface area contributed by atoms with Crippen LogP contribution in [0.15, 0.2) is 0 Å². The third-order valence-electron chi connectivity index (χ3n) is 4.33. The summed E-state index contributed by atoms with van der Waals surface area (Å²) in [6.07, 6.45) is 14.2. The molecule has 0 aromatic rings. The van der Waals surface area contributed by atoms with Crippen LogP contribution in [-0.2, 0) is 9.59 Å². The van der Waals surface area contributed by atoms with E-state index in [4.69, 9.17) is 5.11 Å². The topological polar surface area (TPSA) is 57.6 Å². The summed E-state index contributed by atoms with van der Waals surface area (Å²) in [5.41, 5.74) is 0. The Morgan fingerprint density at radius 2 is 1.27 bits per heavy atom. The van der Waals surface area contributed by atoms with E-state index < -0.39 is 12.0 Å². The number of nitrogens with zero attached hydrogens (tertiary/aromatic N) is 1. The first-order valence-corrected chi connectivity index (χ1v) is 8.99. The molecular weight excluding hydrogens is 278 g/mol. The van der Waals surface area contributed by atoms with Crippen molar-refractivity contribution in [1.29, 1.82) is 0 Å². The second kappa shape index (κ2) is 13.6. The highest BCUT2D eigenvalue weighted by molar-refractivity contribution is 5.83. The summed E-state index contributed by atoms with van der Waals surface area (Å²) in [7, 11) is 1.57. The number of carbonyl (C=O) groups is 2. The zero-order valence-corrected chi connectivity index (χ0v) is 14.8. The van der Waals surface area contributed by atoms with Gasteiger partial charge in [-0.2, -0.15) is 0 Å². The standard InChI is InChI=1S/C18H35NO3/c1-4-5-6-7-8-9-10-11-12-13-14-15-17(20)19(3)16(2)18(21)22/h16H,4-15H2,1-3H3,(H,21,22)/t16-/m0/s1. The van der Waals surface area contributed by atoms with Gasteiger partial charge in [-0.05, 0) is 13.3 Å². The molecule has 0 aliphatic rings. The molecule has 1 amide bonds. The Labute approximate surface area is 136 Å². The fourth-order valence-electron chi connectivity index (χ4n) is 2.50. The Morgan fingerprint density at radius 1 is 0.864 bits per heavy atom. The van der Waals surface area contributed by atoms with Gasteiger partial charge < -0.3 is 10.0 Å². The molecule has 0 bridgehead atoms. The van der Waals surface area contributed by atoms with E-state index in [9.17, 15) is 9.59 Å². The average Bonchev–Trinajstić information content (AvgIpc) is 2.50. The lowest BCUT2D eigenvalue weighted by Gasteiger charge is -2.21. The van der Waals surface area contributed by atoms with E-state index in [2.05, 4.69) is 6.92 Å². The highest BCUT2D eigenvalue weighted by Crippen LogP contribution is 2.12. The van der Waals surface area contributed by atoms with Gasteiger partial charge in [0.1, 0.15) is 6.04 Å². The summed E-state index contributed by atoms with van der Waals surface area (Å²) in [6.45, 7) is 3.78. The van der Waals surface area contributed by atoms with Crippen LogP contribution in [0.1, 0.15) is 90.9 Å². The molecule has 0 aliphatic heterocycles. The third-order valence-corrected chi connectivity index (χ3v) is 4.33. The predicted octanol–water partition coefficient (Wildman–Crippen LogP) is 4.62. The van der Waals surface area contributed by atoms with Gasteiger partial charge in [0.25, 0.3) is 0 Å². The highest BCUT2D eigenvalue weighted by Gasteiger charge is 2.20. The molecule has 1 N–H and O–H groups in total. The molecule has 4 heteroatoms. The molecule has 1 atom stereocenters. The summed E-state index contributed by atoms with van der Waals surface area (Å²) < 4.78 is 0. The molecule has 0 radical (unpaired) electrons. The van der Waals surface area contributed by atoms with Gasteiger partial charge in [0, 0.05) is 13.5 Å².